The Morgan fingerprint density at radius 3 is 2.88 bits per heavy atom. The second kappa shape index (κ2) is 7.03. The molecule has 0 aliphatic carbocycles. The second-order valence-electron chi connectivity index (χ2n) is 3.41. The molecule has 0 aliphatic rings. The van der Waals surface area contributed by atoms with Gasteiger partial charge < -0.3 is 15.4 Å². The maximum Gasteiger partial charge on any atom is 0.350 e. The molecule has 0 spiro atoms. The van der Waals surface area contributed by atoms with Gasteiger partial charge in [0, 0.05) is 6.42 Å². The van der Waals surface area contributed by atoms with Crippen LogP contribution in [0.15, 0.2) is 11.4 Å². The number of anilines is 1. The molecule has 0 aromatic carbocycles. The molecular formula is C11H16N2O3S. The molecule has 94 valence electrons. The Kier molecular flexibility index (Phi) is 5.65. The maximum absolute atomic E-state index is 11.6. The molecule has 1 rings (SSSR count). The van der Waals surface area contributed by atoms with Gasteiger partial charge in [-0.15, -0.1) is 11.3 Å². The van der Waals surface area contributed by atoms with Crippen LogP contribution in [-0.2, 0) is 9.53 Å². The standard InChI is InChI=1S/C11H16N2O3S/c1-12-6-3-4-9(14)13-8-5-7-17-10(8)11(15)16-2/h5,7,12H,3-4,6H2,1-2H3,(H,13,14). The van der Waals surface area contributed by atoms with Gasteiger partial charge in [-0.1, -0.05) is 0 Å². The zero-order valence-corrected chi connectivity index (χ0v) is 10.7. The number of methoxy groups -OCH3 is 1. The van der Waals surface area contributed by atoms with Crippen LogP contribution in [0.4, 0.5) is 5.69 Å². The van der Waals surface area contributed by atoms with Gasteiger partial charge in [0.25, 0.3) is 0 Å². The van der Waals surface area contributed by atoms with Gasteiger partial charge in [0.1, 0.15) is 4.88 Å². The third-order valence-corrected chi connectivity index (χ3v) is 3.04. The van der Waals surface area contributed by atoms with E-state index in [2.05, 4.69) is 15.4 Å². The SMILES string of the molecule is CNCCCC(=O)Nc1ccsc1C(=O)OC. The molecule has 0 saturated carbocycles. The van der Waals surface area contributed by atoms with E-state index in [-0.39, 0.29) is 5.91 Å². The Morgan fingerprint density at radius 1 is 1.47 bits per heavy atom. The number of carbonyl (C=O) groups is 2. The van der Waals surface area contributed by atoms with E-state index in [9.17, 15) is 9.59 Å². The molecule has 1 amide bonds. The Morgan fingerprint density at radius 2 is 2.24 bits per heavy atom. The number of ether oxygens (including phenoxy) is 1. The lowest BCUT2D eigenvalue weighted by Crippen LogP contribution is -2.16. The van der Waals surface area contributed by atoms with Gasteiger partial charge in [-0.25, -0.2) is 4.79 Å². The summed E-state index contributed by atoms with van der Waals surface area (Å²) in [6, 6.07) is 1.70. The molecule has 1 aromatic rings. The molecule has 17 heavy (non-hydrogen) atoms. The number of esters is 1. The number of nitrogens with one attached hydrogen (secondary N) is 2. The van der Waals surface area contributed by atoms with Crippen molar-refractivity contribution in [1.82, 2.24) is 5.32 Å². The van der Waals surface area contributed by atoms with E-state index in [0.29, 0.717) is 17.0 Å². The van der Waals surface area contributed by atoms with Gasteiger partial charge >= 0.3 is 5.97 Å². The minimum absolute atomic E-state index is 0.0937. The average molecular weight is 256 g/mol. The molecule has 0 bridgehead atoms. The van der Waals surface area contributed by atoms with Crippen molar-refractivity contribution < 1.29 is 14.3 Å². The maximum atomic E-state index is 11.6. The van der Waals surface area contributed by atoms with Crippen molar-refractivity contribution in [2.24, 2.45) is 0 Å². The molecule has 0 saturated heterocycles. The lowest BCUT2D eigenvalue weighted by atomic mass is 10.3. The monoisotopic (exact) mass is 256 g/mol. The summed E-state index contributed by atoms with van der Waals surface area (Å²) in [6.45, 7) is 0.793. The Labute approximate surface area is 104 Å². The largest absolute Gasteiger partial charge is 0.465 e. The van der Waals surface area contributed by atoms with Crippen LogP contribution in [0.1, 0.15) is 22.5 Å². The third kappa shape index (κ3) is 4.16. The van der Waals surface area contributed by atoms with Crippen LogP contribution in [-0.4, -0.2) is 32.6 Å². The van der Waals surface area contributed by atoms with Crippen LogP contribution in [0.5, 0.6) is 0 Å². The molecule has 0 aliphatic heterocycles. The van der Waals surface area contributed by atoms with Gasteiger partial charge in [0.15, 0.2) is 0 Å². The lowest BCUT2D eigenvalue weighted by Gasteiger charge is -2.05. The topological polar surface area (TPSA) is 67.4 Å². The highest BCUT2D eigenvalue weighted by atomic mass is 32.1. The first-order valence-electron chi connectivity index (χ1n) is 5.29. The first-order valence-corrected chi connectivity index (χ1v) is 6.17. The number of rotatable bonds is 6. The van der Waals surface area contributed by atoms with E-state index in [1.54, 1.807) is 11.4 Å². The van der Waals surface area contributed by atoms with Gasteiger partial charge in [-0.05, 0) is 31.5 Å². The summed E-state index contributed by atoms with van der Waals surface area (Å²) in [5.74, 6) is -0.519. The highest BCUT2D eigenvalue weighted by Crippen LogP contribution is 2.23. The van der Waals surface area contributed by atoms with Crippen LogP contribution in [0.2, 0.25) is 0 Å². The molecule has 6 heteroatoms. The molecule has 0 fully saturated rings. The van der Waals surface area contributed by atoms with Gasteiger partial charge in [0.05, 0.1) is 12.8 Å². The number of carbonyl (C=O) groups excluding carboxylic acids is 2. The average Bonchev–Trinajstić information content (AvgIpc) is 2.76. The molecule has 5 nitrogen and oxygen atoms in total. The summed E-state index contributed by atoms with van der Waals surface area (Å²) in [4.78, 5) is 23.4. The predicted molar refractivity (Wildman–Crippen MR) is 67.4 cm³/mol. The van der Waals surface area contributed by atoms with E-state index < -0.39 is 5.97 Å². The molecule has 0 atom stereocenters. The van der Waals surface area contributed by atoms with E-state index in [4.69, 9.17) is 0 Å². The third-order valence-electron chi connectivity index (χ3n) is 2.14. The number of amides is 1. The molecule has 0 radical (unpaired) electrons. The van der Waals surface area contributed by atoms with E-state index in [1.807, 2.05) is 7.05 Å². The smallest absolute Gasteiger partial charge is 0.350 e. The van der Waals surface area contributed by atoms with Gasteiger partial charge in [-0.3, -0.25) is 4.79 Å². The summed E-state index contributed by atoms with van der Waals surface area (Å²) in [5.41, 5.74) is 0.524. The van der Waals surface area contributed by atoms with E-state index in [0.717, 1.165) is 13.0 Å². The number of thiophene rings is 1. The van der Waals surface area contributed by atoms with Crippen molar-refractivity contribution in [1.29, 1.82) is 0 Å². The van der Waals surface area contributed by atoms with Crippen molar-refractivity contribution >= 4 is 28.9 Å². The van der Waals surface area contributed by atoms with Crippen LogP contribution in [0.3, 0.4) is 0 Å². The minimum atomic E-state index is -0.425. The quantitative estimate of drug-likeness (QED) is 0.597. The summed E-state index contributed by atoms with van der Waals surface area (Å²) in [7, 11) is 3.16. The van der Waals surface area contributed by atoms with Crippen LogP contribution >= 0.6 is 11.3 Å². The van der Waals surface area contributed by atoms with Crippen molar-refractivity contribution in [2.45, 2.75) is 12.8 Å². The normalized spacial score (nSPS) is 10.0. The van der Waals surface area contributed by atoms with Crippen LogP contribution in [0.25, 0.3) is 0 Å². The number of hydrogen-bond donors (Lipinski definition) is 2. The van der Waals surface area contributed by atoms with Crippen molar-refractivity contribution in [3.63, 3.8) is 0 Å². The van der Waals surface area contributed by atoms with Gasteiger partial charge in [0.2, 0.25) is 5.91 Å². The van der Waals surface area contributed by atoms with Crippen molar-refractivity contribution in [3.8, 4) is 0 Å². The van der Waals surface area contributed by atoms with Gasteiger partial charge in [-0.2, -0.15) is 0 Å². The van der Waals surface area contributed by atoms with Crippen molar-refractivity contribution in [2.75, 3.05) is 26.0 Å². The fraction of sp³-hybridized carbons (Fsp3) is 0.455. The summed E-state index contributed by atoms with van der Waals surface area (Å²) >= 11 is 1.25. The van der Waals surface area contributed by atoms with Crippen LogP contribution in [0, 0.1) is 0 Å². The predicted octanol–water partition coefficient (Wildman–Crippen LogP) is 1.47. The number of hydrogen-bond acceptors (Lipinski definition) is 5. The minimum Gasteiger partial charge on any atom is -0.465 e. The Hall–Kier alpha value is -1.40. The Bertz CT molecular complexity index is 390. The molecule has 1 aromatic heterocycles. The summed E-state index contributed by atoms with van der Waals surface area (Å²) in [6.07, 6.45) is 1.19. The molecular weight excluding hydrogens is 240 g/mol. The zero-order chi connectivity index (χ0) is 12.7. The van der Waals surface area contributed by atoms with Crippen molar-refractivity contribution in [3.05, 3.63) is 16.3 Å². The first-order chi connectivity index (χ1) is 8.19. The first kappa shape index (κ1) is 13.7. The fourth-order valence-corrected chi connectivity index (χ4v) is 2.06. The summed E-state index contributed by atoms with van der Waals surface area (Å²) < 4.78 is 4.63. The molecule has 1 heterocycles. The highest BCUT2D eigenvalue weighted by Gasteiger charge is 2.15. The van der Waals surface area contributed by atoms with E-state index in [1.165, 1.54) is 18.4 Å². The molecule has 0 unspecified atom stereocenters. The molecule has 2 N–H and O–H groups in total. The lowest BCUT2D eigenvalue weighted by molar-refractivity contribution is -0.116. The second-order valence-corrected chi connectivity index (χ2v) is 4.33. The summed E-state index contributed by atoms with van der Waals surface area (Å²) in [5, 5.41) is 7.42. The Balaban J connectivity index is 2.53. The zero-order valence-electron chi connectivity index (χ0n) is 9.91. The van der Waals surface area contributed by atoms with E-state index >= 15 is 0 Å². The highest BCUT2D eigenvalue weighted by molar-refractivity contribution is 7.12. The van der Waals surface area contributed by atoms with Crippen LogP contribution < -0.4 is 10.6 Å². The fourth-order valence-electron chi connectivity index (χ4n) is 1.30.